The molecule has 0 saturated heterocycles. The SMILES string of the molecule is Cc1cccc(C(=O)N[C@@H]2CCCC[C@H]2O)c1. The van der Waals surface area contributed by atoms with Gasteiger partial charge in [-0.05, 0) is 31.9 Å². The van der Waals surface area contributed by atoms with Crippen molar-refractivity contribution in [1.82, 2.24) is 5.32 Å². The van der Waals surface area contributed by atoms with Gasteiger partial charge in [0, 0.05) is 5.56 Å². The molecule has 3 heteroatoms. The van der Waals surface area contributed by atoms with E-state index in [4.69, 9.17) is 0 Å². The molecule has 1 fully saturated rings. The Morgan fingerprint density at radius 3 is 2.82 bits per heavy atom. The van der Waals surface area contributed by atoms with E-state index < -0.39 is 6.10 Å². The van der Waals surface area contributed by atoms with Gasteiger partial charge in [-0.1, -0.05) is 30.5 Å². The second kappa shape index (κ2) is 5.32. The van der Waals surface area contributed by atoms with Crippen LogP contribution in [-0.4, -0.2) is 23.2 Å². The molecule has 0 radical (unpaired) electrons. The zero-order chi connectivity index (χ0) is 12.3. The summed E-state index contributed by atoms with van der Waals surface area (Å²) in [5.41, 5.74) is 1.74. The molecule has 1 aliphatic rings. The second-order valence-electron chi connectivity index (χ2n) is 4.80. The Balaban J connectivity index is 2.01. The van der Waals surface area contributed by atoms with Crippen molar-refractivity contribution >= 4 is 5.91 Å². The number of rotatable bonds is 2. The first kappa shape index (κ1) is 12.1. The van der Waals surface area contributed by atoms with Crippen LogP contribution < -0.4 is 5.32 Å². The van der Waals surface area contributed by atoms with Crippen LogP contribution in [0.4, 0.5) is 0 Å². The third-order valence-corrected chi connectivity index (χ3v) is 3.33. The molecule has 2 atom stereocenters. The van der Waals surface area contributed by atoms with Crippen LogP contribution >= 0.6 is 0 Å². The molecule has 0 bridgehead atoms. The Labute approximate surface area is 102 Å². The number of nitrogens with one attached hydrogen (secondary N) is 1. The Hall–Kier alpha value is -1.35. The summed E-state index contributed by atoms with van der Waals surface area (Å²) in [6.45, 7) is 1.96. The summed E-state index contributed by atoms with van der Waals surface area (Å²) < 4.78 is 0. The first-order valence-electron chi connectivity index (χ1n) is 6.22. The van der Waals surface area contributed by atoms with E-state index in [-0.39, 0.29) is 11.9 Å². The molecule has 1 aromatic carbocycles. The highest BCUT2D eigenvalue weighted by atomic mass is 16.3. The lowest BCUT2D eigenvalue weighted by Gasteiger charge is -2.28. The van der Waals surface area contributed by atoms with E-state index in [0.29, 0.717) is 5.56 Å². The van der Waals surface area contributed by atoms with Crippen LogP contribution in [0.1, 0.15) is 41.6 Å². The van der Waals surface area contributed by atoms with E-state index in [2.05, 4.69) is 5.32 Å². The summed E-state index contributed by atoms with van der Waals surface area (Å²) in [7, 11) is 0. The van der Waals surface area contributed by atoms with E-state index in [0.717, 1.165) is 31.2 Å². The van der Waals surface area contributed by atoms with Crippen LogP contribution in [-0.2, 0) is 0 Å². The zero-order valence-electron chi connectivity index (χ0n) is 10.1. The minimum atomic E-state index is -0.391. The number of hydrogen-bond acceptors (Lipinski definition) is 2. The smallest absolute Gasteiger partial charge is 0.251 e. The maximum absolute atomic E-state index is 12.0. The molecule has 0 unspecified atom stereocenters. The van der Waals surface area contributed by atoms with Crippen molar-refractivity contribution in [2.45, 2.75) is 44.8 Å². The molecule has 0 aromatic heterocycles. The van der Waals surface area contributed by atoms with Gasteiger partial charge >= 0.3 is 0 Å². The van der Waals surface area contributed by atoms with Crippen molar-refractivity contribution in [2.75, 3.05) is 0 Å². The van der Waals surface area contributed by atoms with Crippen molar-refractivity contribution < 1.29 is 9.90 Å². The highest BCUT2D eigenvalue weighted by Gasteiger charge is 2.24. The van der Waals surface area contributed by atoms with Gasteiger partial charge in [0.25, 0.3) is 5.91 Å². The molecule has 2 N–H and O–H groups in total. The standard InChI is InChI=1S/C14H19NO2/c1-10-5-4-6-11(9-10)14(17)15-12-7-2-3-8-13(12)16/h4-6,9,12-13,16H,2-3,7-8H2,1H3,(H,15,17)/t12-,13-/m1/s1. The van der Waals surface area contributed by atoms with Gasteiger partial charge in [0.05, 0.1) is 12.1 Å². The van der Waals surface area contributed by atoms with Gasteiger partial charge in [0.2, 0.25) is 0 Å². The van der Waals surface area contributed by atoms with E-state index in [1.165, 1.54) is 0 Å². The largest absolute Gasteiger partial charge is 0.391 e. The lowest BCUT2D eigenvalue weighted by atomic mass is 9.92. The summed E-state index contributed by atoms with van der Waals surface area (Å²) in [5.74, 6) is -0.0837. The summed E-state index contributed by atoms with van der Waals surface area (Å²) in [4.78, 5) is 12.0. The number of aryl methyl sites for hydroxylation is 1. The molecule has 1 saturated carbocycles. The number of aliphatic hydroxyl groups is 1. The van der Waals surface area contributed by atoms with Crippen LogP contribution in [0.15, 0.2) is 24.3 Å². The van der Waals surface area contributed by atoms with Gasteiger partial charge in [0.15, 0.2) is 0 Å². The maximum atomic E-state index is 12.0. The van der Waals surface area contributed by atoms with Gasteiger partial charge in [0.1, 0.15) is 0 Å². The van der Waals surface area contributed by atoms with E-state index in [1.807, 2.05) is 25.1 Å². The Morgan fingerprint density at radius 2 is 2.12 bits per heavy atom. The average Bonchev–Trinajstić information content (AvgIpc) is 2.32. The summed E-state index contributed by atoms with van der Waals surface area (Å²) in [6.07, 6.45) is 3.41. The molecule has 3 nitrogen and oxygen atoms in total. The number of carbonyl (C=O) groups excluding carboxylic acids is 1. The topological polar surface area (TPSA) is 49.3 Å². The minimum absolute atomic E-state index is 0.0837. The molecule has 1 aromatic rings. The van der Waals surface area contributed by atoms with Crippen molar-refractivity contribution in [1.29, 1.82) is 0 Å². The summed E-state index contributed by atoms with van der Waals surface area (Å²) >= 11 is 0. The molecular weight excluding hydrogens is 214 g/mol. The van der Waals surface area contributed by atoms with Gasteiger partial charge < -0.3 is 10.4 Å². The number of aliphatic hydroxyl groups excluding tert-OH is 1. The quantitative estimate of drug-likeness (QED) is 0.821. The van der Waals surface area contributed by atoms with Crippen molar-refractivity contribution in [2.24, 2.45) is 0 Å². The molecule has 1 aliphatic carbocycles. The molecular formula is C14H19NO2. The highest BCUT2D eigenvalue weighted by Crippen LogP contribution is 2.18. The Bertz CT molecular complexity index is 403. The third kappa shape index (κ3) is 3.07. The van der Waals surface area contributed by atoms with Crippen molar-refractivity contribution in [3.8, 4) is 0 Å². The number of amides is 1. The fraction of sp³-hybridized carbons (Fsp3) is 0.500. The summed E-state index contributed by atoms with van der Waals surface area (Å²) in [6, 6.07) is 7.42. The minimum Gasteiger partial charge on any atom is -0.391 e. The van der Waals surface area contributed by atoms with Crippen LogP contribution in [0.2, 0.25) is 0 Å². The summed E-state index contributed by atoms with van der Waals surface area (Å²) in [5, 5.41) is 12.7. The lowest BCUT2D eigenvalue weighted by Crippen LogP contribution is -2.45. The van der Waals surface area contributed by atoms with Gasteiger partial charge in [-0.15, -0.1) is 0 Å². The predicted octanol–water partition coefficient (Wildman–Crippen LogP) is 2.03. The number of benzene rings is 1. The highest BCUT2D eigenvalue weighted by molar-refractivity contribution is 5.94. The Morgan fingerprint density at radius 1 is 1.35 bits per heavy atom. The second-order valence-corrected chi connectivity index (χ2v) is 4.80. The monoisotopic (exact) mass is 233 g/mol. The normalized spacial score (nSPS) is 24.4. The first-order valence-corrected chi connectivity index (χ1v) is 6.22. The lowest BCUT2D eigenvalue weighted by molar-refractivity contribution is 0.0717. The van der Waals surface area contributed by atoms with Gasteiger partial charge in [-0.25, -0.2) is 0 Å². The van der Waals surface area contributed by atoms with Crippen LogP contribution in [0, 0.1) is 6.92 Å². The molecule has 17 heavy (non-hydrogen) atoms. The number of carbonyl (C=O) groups is 1. The Kier molecular flexibility index (Phi) is 3.79. The van der Waals surface area contributed by atoms with Crippen LogP contribution in [0.5, 0.6) is 0 Å². The fourth-order valence-electron chi connectivity index (χ4n) is 2.32. The van der Waals surface area contributed by atoms with E-state index in [9.17, 15) is 9.90 Å². The van der Waals surface area contributed by atoms with E-state index in [1.54, 1.807) is 6.07 Å². The van der Waals surface area contributed by atoms with E-state index >= 15 is 0 Å². The van der Waals surface area contributed by atoms with Gasteiger partial charge in [-0.2, -0.15) is 0 Å². The van der Waals surface area contributed by atoms with Crippen molar-refractivity contribution in [3.05, 3.63) is 35.4 Å². The molecule has 0 heterocycles. The molecule has 2 rings (SSSR count). The van der Waals surface area contributed by atoms with Crippen LogP contribution in [0.25, 0.3) is 0 Å². The molecule has 0 aliphatic heterocycles. The van der Waals surface area contributed by atoms with Crippen LogP contribution in [0.3, 0.4) is 0 Å². The number of hydrogen-bond donors (Lipinski definition) is 2. The van der Waals surface area contributed by atoms with Crippen molar-refractivity contribution in [3.63, 3.8) is 0 Å². The zero-order valence-corrected chi connectivity index (χ0v) is 10.1. The van der Waals surface area contributed by atoms with Gasteiger partial charge in [-0.3, -0.25) is 4.79 Å². The first-order chi connectivity index (χ1) is 8.16. The molecule has 0 spiro atoms. The third-order valence-electron chi connectivity index (χ3n) is 3.33. The predicted molar refractivity (Wildman–Crippen MR) is 66.9 cm³/mol. The molecule has 1 amide bonds. The average molecular weight is 233 g/mol. The fourth-order valence-corrected chi connectivity index (χ4v) is 2.32. The maximum Gasteiger partial charge on any atom is 0.251 e. The molecule has 92 valence electrons.